The topological polar surface area (TPSA) is 48.0 Å². The molecule has 0 aliphatic heterocycles. The summed E-state index contributed by atoms with van der Waals surface area (Å²) >= 11 is 0. The molecule has 2 N–H and O–H groups in total. The summed E-state index contributed by atoms with van der Waals surface area (Å²) in [4.78, 5) is 11.8. The molecule has 122 valence electrons. The molecule has 0 aliphatic rings. The summed E-state index contributed by atoms with van der Waals surface area (Å²) in [7, 11) is 6.28. The van der Waals surface area contributed by atoms with Crippen molar-refractivity contribution in [3.63, 3.8) is 0 Å². The van der Waals surface area contributed by atoms with E-state index in [9.17, 15) is 4.79 Å². The van der Waals surface area contributed by atoms with Crippen LogP contribution in [0.3, 0.4) is 0 Å². The Morgan fingerprint density at radius 1 is 1.08 bits per heavy atom. The second kappa shape index (κ2) is 5.98. The summed E-state index contributed by atoms with van der Waals surface area (Å²) in [6.45, 7) is 0. The van der Waals surface area contributed by atoms with Crippen LogP contribution in [0.2, 0.25) is 0 Å². The Labute approximate surface area is 142 Å². The van der Waals surface area contributed by atoms with Crippen molar-refractivity contribution in [1.82, 2.24) is 9.05 Å². The first-order valence-corrected chi connectivity index (χ1v) is 7.86. The molecule has 1 amide bonds. The number of nitrogens with zero attached hydrogens (tertiary/aromatic N) is 2. The van der Waals surface area contributed by atoms with Crippen molar-refractivity contribution >= 4 is 34.8 Å². The van der Waals surface area contributed by atoms with E-state index in [4.69, 9.17) is 5.73 Å². The number of fused-ring (bicyclic) bond motifs is 1. The van der Waals surface area contributed by atoms with Crippen molar-refractivity contribution in [2.75, 3.05) is 21.1 Å². The molecule has 0 saturated carbocycles. The Morgan fingerprint density at radius 2 is 1.79 bits per heavy atom. The number of carbonyl (C=O) groups excluding carboxylic acids is 1. The minimum atomic E-state index is -0.412. The minimum Gasteiger partial charge on any atom is -0.366 e. The van der Waals surface area contributed by atoms with E-state index in [1.54, 1.807) is 6.20 Å². The van der Waals surface area contributed by atoms with E-state index in [0.29, 0.717) is 10.0 Å². The molecule has 0 radical (unpaired) electrons. The van der Waals surface area contributed by atoms with Gasteiger partial charge in [-0.15, -0.1) is 0 Å². The number of rotatable bonds is 4. The number of hydrogen-bond acceptors (Lipinski definition) is 1. The van der Waals surface area contributed by atoms with Crippen molar-refractivity contribution in [3.05, 3.63) is 65.9 Å². The monoisotopic (exact) mass is 320 g/mol. The molecule has 0 saturated heterocycles. The van der Waals surface area contributed by atoms with Crippen molar-refractivity contribution < 1.29 is 4.79 Å². The number of carbonyl (C=O) groups is 1. The lowest BCUT2D eigenvalue weighted by atomic mass is 10.1. The maximum Gasteiger partial charge on any atom is 0.250 e. The van der Waals surface area contributed by atoms with Crippen LogP contribution in [0, 0.1) is 0 Å². The van der Waals surface area contributed by atoms with Gasteiger partial charge in [0, 0.05) is 29.9 Å². The van der Waals surface area contributed by atoms with Crippen LogP contribution in [0.1, 0.15) is 15.9 Å². The third-order valence-corrected chi connectivity index (χ3v) is 4.08. The molecule has 2 aromatic carbocycles. The quantitative estimate of drug-likeness (QED) is 0.734. The predicted molar refractivity (Wildman–Crippen MR) is 102 cm³/mol. The second-order valence-corrected chi connectivity index (χ2v) is 6.75. The van der Waals surface area contributed by atoms with Gasteiger partial charge in [-0.3, -0.25) is 9.28 Å². The molecule has 0 atom stereocenters. The van der Waals surface area contributed by atoms with Crippen LogP contribution in [-0.2, 0) is 0 Å². The van der Waals surface area contributed by atoms with Gasteiger partial charge in [0.2, 0.25) is 0 Å². The van der Waals surface area contributed by atoms with Crippen LogP contribution in [0.25, 0.3) is 23.2 Å². The molecule has 0 unspecified atom stereocenters. The van der Waals surface area contributed by atoms with Crippen LogP contribution in [0.5, 0.6) is 0 Å². The van der Waals surface area contributed by atoms with Crippen molar-refractivity contribution in [2.45, 2.75) is 0 Å². The first-order valence-electron chi connectivity index (χ1n) is 7.86. The molecule has 4 nitrogen and oxygen atoms in total. The summed E-state index contributed by atoms with van der Waals surface area (Å²) in [6, 6.07) is 16.2. The molecule has 0 bridgehead atoms. The average Bonchev–Trinajstić information content (AvgIpc) is 2.91. The maximum atomic E-state index is 11.8. The number of quaternary nitrogens is 1. The number of amides is 1. The Bertz CT molecular complexity index is 915. The highest BCUT2D eigenvalue weighted by molar-refractivity contribution is 6.07. The number of benzene rings is 2. The van der Waals surface area contributed by atoms with Gasteiger partial charge in [0.25, 0.3) is 5.91 Å². The van der Waals surface area contributed by atoms with Gasteiger partial charge in [-0.2, -0.15) is 0 Å². The molecular weight excluding hydrogens is 298 g/mol. The van der Waals surface area contributed by atoms with Crippen molar-refractivity contribution in [3.8, 4) is 0 Å². The minimum absolute atomic E-state index is 0.412. The van der Waals surface area contributed by atoms with E-state index in [2.05, 4.69) is 27.2 Å². The average molecular weight is 320 g/mol. The zero-order valence-electron chi connectivity index (χ0n) is 14.2. The van der Waals surface area contributed by atoms with Gasteiger partial charge in [-0.25, -0.2) is 0 Å². The second-order valence-electron chi connectivity index (χ2n) is 6.75. The molecule has 0 spiro atoms. The molecule has 4 heteroatoms. The fraction of sp³-hybridized carbons (Fsp3) is 0.150. The van der Waals surface area contributed by atoms with E-state index in [0.717, 1.165) is 22.2 Å². The highest BCUT2D eigenvalue weighted by Crippen LogP contribution is 2.28. The molecular formula is C20H22N3O+. The van der Waals surface area contributed by atoms with Crippen LogP contribution in [-0.4, -0.2) is 31.6 Å². The fourth-order valence-electron chi connectivity index (χ4n) is 2.71. The van der Waals surface area contributed by atoms with Gasteiger partial charge in [0.1, 0.15) is 5.69 Å². The Balaban J connectivity index is 2.12. The van der Waals surface area contributed by atoms with E-state index >= 15 is 0 Å². The SMILES string of the molecule is C[N+](C)(C)c1ccc2c(c1)c(C(N)=O)cn2C=Cc1ccccc1. The number of aromatic nitrogens is 1. The molecule has 1 aromatic heterocycles. The normalized spacial score (nSPS) is 12.1. The van der Waals surface area contributed by atoms with Gasteiger partial charge in [-0.05, 0) is 17.7 Å². The standard InChI is InChI=1S/C20H21N3O/c1-23(2,3)16-9-10-19-17(13-16)18(20(21)24)14-22(19)12-11-15-7-5-4-6-8-15/h4-14H,1-3H3,(H-,21,24)/p+1. The third kappa shape index (κ3) is 3.09. The Morgan fingerprint density at radius 3 is 2.42 bits per heavy atom. The first-order chi connectivity index (χ1) is 11.4. The smallest absolute Gasteiger partial charge is 0.250 e. The zero-order valence-corrected chi connectivity index (χ0v) is 14.2. The van der Waals surface area contributed by atoms with Gasteiger partial charge in [0.05, 0.1) is 32.2 Å². The molecule has 1 heterocycles. The number of primary amides is 1. The van der Waals surface area contributed by atoms with Crippen LogP contribution < -0.4 is 10.2 Å². The Hall–Kier alpha value is -2.85. The van der Waals surface area contributed by atoms with E-state index in [1.165, 1.54) is 0 Å². The molecule has 0 fully saturated rings. The van der Waals surface area contributed by atoms with Crippen molar-refractivity contribution in [2.24, 2.45) is 5.73 Å². The predicted octanol–water partition coefficient (Wildman–Crippen LogP) is 3.56. The van der Waals surface area contributed by atoms with Gasteiger partial charge in [-0.1, -0.05) is 30.3 Å². The van der Waals surface area contributed by atoms with Gasteiger partial charge >= 0.3 is 0 Å². The summed E-state index contributed by atoms with van der Waals surface area (Å²) in [6.07, 6.45) is 5.76. The van der Waals surface area contributed by atoms with E-state index in [-0.39, 0.29) is 0 Å². The maximum absolute atomic E-state index is 11.8. The molecule has 24 heavy (non-hydrogen) atoms. The third-order valence-electron chi connectivity index (χ3n) is 4.08. The number of hydrogen-bond donors (Lipinski definition) is 1. The summed E-state index contributed by atoms with van der Waals surface area (Å²) in [5, 5.41) is 0.880. The van der Waals surface area contributed by atoms with Gasteiger partial charge < -0.3 is 10.3 Å². The summed E-state index contributed by atoms with van der Waals surface area (Å²) < 4.78 is 2.63. The lowest BCUT2D eigenvalue weighted by molar-refractivity contribution is 0.100. The Kier molecular flexibility index (Phi) is 3.99. The van der Waals surface area contributed by atoms with E-state index < -0.39 is 5.91 Å². The zero-order chi connectivity index (χ0) is 17.3. The highest BCUT2D eigenvalue weighted by Gasteiger charge is 2.17. The summed E-state index contributed by atoms with van der Waals surface area (Å²) in [5.41, 5.74) is 9.30. The molecule has 3 rings (SSSR count). The first kappa shape index (κ1) is 16.0. The fourth-order valence-corrected chi connectivity index (χ4v) is 2.71. The van der Waals surface area contributed by atoms with E-state index in [1.807, 2.05) is 59.3 Å². The van der Waals surface area contributed by atoms with Crippen LogP contribution >= 0.6 is 0 Å². The van der Waals surface area contributed by atoms with Gasteiger partial charge in [0.15, 0.2) is 0 Å². The molecule has 0 aliphatic carbocycles. The molecule has 3 aromatic rings. The van der Waals surface area contributed by atoms with Crippen LogP contribution in [0.15, 0.2) is 54.7 Å². The lowest BCUT2D eigenvalue weighted by Crippen LogP contribution is -2.34. The number of nitrogens with two attached hydrogens (primary N) is 1. The summed E-state index contributed by atoms with van der Waals surface area (Å²) in [5.74, 6) is -0.412. The van der Waals surface area contributed by atoms with Crippen molar-refractivity contribution in [1.29, 1.82) is 0 Å². The largest absolute Gasteiger partial charge is 0.366 e. The van der Waals surface area contributed by atoms with Crippen LogP contribution in [0.4, 0.5) is 5.69 Å². The highest BCUT2D eigenvalue weighted by atomic mass is 16.1. The lowest BCUT2D eigenvalue weighted by Gasteiger charge is -2.23.